The molecule has 0 fully saturated rings. The Morgan fingerprint density at radius 3 is 1.76 bits per heavy atom. The lowest BCUT2D eigenvalue weighted by Crippen LogP contribution is -2.17. The highest BCUT2D eigenvalue weighted by Gasteiger charge is 2.21. The average molecular weight is 532 g/mol. The second kappa shape index (κ2) is 9.83. The van der Waals surface area contributed by atoms with Crippen LogP contribution in [0, 0.1) is 0 Å². The fourth-order valence-corrected chi connectivity index (χ4v) is 5.38. The number of nitrogens with zero attached hydrogens (tertiary/aromatic N) is 2. The third-order valence-electron chi connectivity index (χ3n) is 7.73. The van der Waals surface area contributed by atoms with Gasteiger partial charge in [-0.25, -0.2) is 4.98 Å². The highest BCUT2D eigenvalue weighted by atomic mass is 15.0. The van der Waals surface area contributed by atoms with Crippen LogP contribution in [0.3, 0.4) is 0 Å². The van der Waals surface area contributed by atoms with Crippen LogP contribution >= 0.6 is 0 Å². The summed E-state index contributed by atoms with van der Waals surface area (Å²) in [7, 11) is 0. The van der Waals surface area contributed by atoms with Crippen molar-refractivity contribution in [1.82, 2.24) is 15.0 Å². The van der Waals surface area contributed by atoms with Gasteiger partial charge in [0, 0.05) is 21.8 Å². The van der Waals surface area contributed by atoms with E-state index in [1.54, 1.807) is 0 Å². The molecule has 0 unspecified atom stereocenters. The minimum atomic E-state index is 0.0922. The van der Waals surface area contributed by atoms with Gasteiger partial charge < -0.3 is 4.98 Å². The molecule has 198 valence electrons. The summed E-state index contributed by atoms with van der Waals surface area (Å²) in [5, 5.41) is 2.50. The predicted molar refractivity (Wildman–Crippen MR) is 168 cm³/mol. The van der Waals surface area contributed by atoms with Crippen LogP contribution < -0.4 is 4.98 Å². The molecule has 0 saturated heterocycles. The van der Waals surface area contributed by atoms with Crippen molar-refractivity contribution in [2.75, 3.05) is 0 Å². The van der Waals surface area contributed by atoms with E-state index in [1.807, 2.05) is 18.2 Å². The number of nitrogens with one attached hydrogen (secondary N) is 2. The largest absolute Gasteiger partial charge is 0.354 e. The summed E-state index contributed by atoms with van der Waals surface area (Å²) in [5.41, 5.74) is 9.04. The van der Waals surface area contributed by atoms with E-state index < -0.39 is 0 Å². The summed E-state index contributed by atoms with van der Waals surface area (Å²) in [6.45, 7) is 6.69. The molecule has 0 aliphatic carbocycles. The number of rotatable bonds is 4. The van der Waals surface area contributed by atoms with Crippen molar-refractivity contribution in [3.8, 4) is 45.3 Å². The Kier molecular flexibility index (Phi) is 5.97. The Hall–Kier alpha value is -5.09. The van der Waals surface area contributed by atoms with Crippen LogP contribution in [0.5, 0.6) is 0 Å². The van der Waals surface area contributed by atoms with Gasteiger partial charge in [0.2, 0.25) is 0 Å². The number of aromatic amines is 2. The highest BCUT2D eigenvalue weighted by molar-refractivity contribution is 6.08. The first-order chi connectivity index (χ1) is 19.9. The minimum Gasteiger partial charge on any atom is -0.354 e. The molecule has 0 aliphatic rings. The molecule has 2 N–H and O–H groups in total. The lowest BCUT2D eigenvalue weighted by Gasteiger charge is -2.18. The van der Waals surface area contributed by atoms with E-state index in [0.717, 1.165) is 44.9 Å². The number of para-hydroxylation sites is 1. The maximum atomic E-state index is 4.95. The van der Waals surface area contributed by atoms with E-state index in [-0.39, 0.29) is 5.41 Å². The van der Waals surface area contributed by atoms with E-state index in [1.165, 1.54) is 21.9 Å². The first kappa shape index (κ1) is 24.9. The average Bonchev–Trinajstić information content (AvgIpc) is 3.39. The molecule has 4 nitrogen and oxygen atoms in total. The van der Waals surface area contributed by atoms with Crippen LogP contribution in [0.2, 0.25) is 0 Å². The molecule has 2 aromatic heterocycles. The molecular formula is C37H31N4+. The fourth-order valence-electron chi connectivity index (χ4n) is 5.38. The summed E-state index contributed by atoms with van der Waals surface area (Å²) in [6, 6.07) is 42.5. The molecule has 41 heavy (non-hydrogen) atoms. The van der Waals surface area contributed by atoms with Crippen LogP contribution in [-0.2, 0) is 5.41 Å². The molecule has 0 bridgehead atoms. The molecule has 0 amide bonds. The van der Waals surface area contributed by atoms with Crippen molar-refractivity contribution < 1.29 is 4.98 Å². The zero-order valence-corrected chi connectivity index (χ0v) is 23.4. The molecular weight excluding hydrogens is 500 g/mol. The topological polar surface area (TPSA) is 55.7 Å². The van der Waals surface area contributed by atoms with Gasteiger partial charge in [0.1, 0.15) is 0 Å². The summed E-state index contributed by atoms with van der Waals surface area (Å²) in [6.07, 6.45) is 0. The van der Waals surface area contributed by atoms with Crippen molar-refractivity contribution in [2.45, 2.75) is 26.2 Å². The lowest BCUT2D eigenvalue weighted by molar-refractivity contribution is -0.359. The van der Waals surface area contributed by atoms with Crippen molar-refractivity contribution in [2.24, 2.45) is 0 Å². The molecule has 4 heteroatoms. The summed E-state index contributed by atoms with van der Waals surface area (Å²) >= 11 is 0. The first-order valence-corrected chi connectivity index (χ1v) is 14.0. The van der Waals surface area contributed by atoms with Gasteiger partial charge in [0.25, 0.3) is 11.6 Å². The standard InChI is InChI=1S/C37H30N4/c1-37(2,3)29-20-17-27(18-21-29)36-40-34(25-9-5-4-6-10-25)39-35(41-36)26-15-13-24(14-16-26)28-19-22-31-30-11-7-8-12-32(30)38-33(31)23-28/h4-23,38H,1-3H3/p+1. The lowest BCUT2D eigenvalue weighted by atomic mass is 9.87. The summed E-state index contributed by atoms with van der Waals surface area (Å²) < 4.78 is 0. The quantitative estimate of drug-likeness (QED) is 0.247. The van der Waals surface area contributed by atoms with Gasteiger partial charge in [-0.3, -0.25) is 0 Å². The van der Waals surface area contributed by atoms with Crippen LogP contribution in [0.25, 0.3) is 67.1 Å². The smallest absolute Gasteiger partial charge is 0.308 e. The van der Waals surface area contributed by atoms with E-state index in [2.05, 4.69) is 134 Å². The van der Waals surface area contributed by atoms with Gasteiger partial charge in [-0.15, -0.1) is 0 Å². The van der Waals surface area contributed by atoms with Crippen molar-refractivity contribution in [3.63, 3.8) is 0 Å². The van der Waals surface area contributed by atoms with E-state index in [4.69, 9.17) is 9.97 Å². The van der Waals surface area contributed by atoms with Crippen LogP contribution in [0.1, 0.15) is 26.3 Å². The second-order valence-electron chi connectivity index (χ2n) is 11.6. The Balaban J connectivity index is 1.27. The number of aromatic nitrogens is 4. The Bertz CT molecular complexity index is 2000. The molecule has 0 spiro atoms. The fraction of sp³-hybridized carbons (Fsp3) is 0.108. The Labute approximate surface area is 239 Å². The SMILES string of the molecule is CC(C)(C)c1ccc(-c2nc(-c3ccccc3)nc(-c3ccc(-c4ccc5c(c4)[nH]c4ccccc45)cc3)[nH+]2)cc1. The normalized spacial score (nSPS) is 11.8. The predicted octanol–water partition coefficient (Wildman–Crippen LogP) is 8.89. The molecule has 0 saturated carbocycles. The maximum Gasteiger partial charge on any atom is 0.308 e. The van der Waals surface area contributed by atoms with Crippen molar-refractivity contribution >= 4 is 21.8 Å². The van der Waals surface area contributed by atoms with Crippen LogP contribution in [0.15, 0.2) is 121 Å². The third kappa shape index (κ3) is 4.78. The van der Waals surface area contributed by atoms with E-state index in [9.17, 15) is 0 Å². The second-order valence-corrected chi connectivity index (χ2v) is 11.6. The van der Waals surface area contributed by atoms with Crippen LogP contribution in [0.4, 0.5) is 0 Å². The molecule has 0 radical (unpaired) electrons. The van der Waals surface area contributed by atoms with Gasteiger partial charge in [0.15, 0.2) is 0 Å². The van der Waals surface area contributed by atoms with Gasteiger partial charge >= 0.3 is 5.82 Å². The van der Waals surface area contributed by atoms with Crippen molar-refractivity contribution in [1.29, 1.82) is 0 Å². The van der Waals surface area contributed by atoms with Crippen LogP contribution in [-0.4, -0.2) is 15.0 Å². The zero-order chi connectivity index (χ0) is 28.0. The molecule has 0 aliphatic heterocycles. The third-order valence-corrected chi connectivity index (χ3v) is 7.73. The molecule has 7 rings (SSSR count). The number of H-pyrrole nitrogens is 2. The van der Waals surface area contributed by atoms with E-state index in [0.29, 0.717) is 5.82 Å². The minimum absolute atomic E-state index is 0.0922. The van der Waals surface area contributed by atoms with E-state index >= 15 is 0 Å². The number of fused-ring (bicyclic) bond motifs is 3. The molecule has 2 heterocycles. The first-order valence-electron chi connectivity index (χ1n) is 14.0. The van der Waals surface area contributed by atoms with Gasteiger partial charge in [-0.2, -0.15) is 0 Å². The maximum absolute atomic E-state index is 4.95. The zero-order valence-electron chi connectivity index (χ0n) is 23.4. The monoisotopic (exact) mass is 531 g/mol. The van der Waals surface area contributed by atoms with Gasteiger partial charge in [-0.1, -0.05) is 104 Å². The molecule has 5 aromatic carbocycles. The van der Waals surface area contributed by atoms with Crippen molar-refractivity contribution in [3.05, 3.63) is 127 Å². The highest BCUT2D eigenvalue weighted by Crippen LogP contribution is 2.31. The summed E-state index contributed by atoms with van der Waals surface area (Å²) in [5.74, 6) is 2.27. The number of hydrogen-bond acceptors (Lipinski definition) is 2. The number of hydrogen-bond donors (Lipinski definition) is 1. The Morgan fingerprint density at radius 2 is 1.07 bits per heavy atom. The van der Waals surface area contributed by atoms with Gasteiger partial charge in [-0.05, 0) is 70.6 Å². The molecule has 7 aromatic rings. The molecule has 0 atom stereocenters. The van der Waals surface area contributed by atoms with Gasteiger partial charge in [0.05, 0.1) is 16.7 Å². The Morgan fingerprint density at radius 1 is 0.512 bits per heavy atom. The summed E-state index contributed by atoms with van der Waals surface area (Å²) in [4.78, 5) is 17.0. The number of benzene rings is 5.